The molecule has 0 heterocycles. The van der Waals surface area contributed by atoms with E-state index in [2.05, 4.69) is 51.7 Å². The topological polar surface area (TPSA) is 26.0 Å². The van der Waals surface area contributed by atoms with E-state index in [0.717, 1.165) is 25.8 Å². The lowest BCUT2D eigenvalue weighted by Gasteiger charge is -2.20. The molecule has 0 saturated heterocycles. The standard InChI is InChI=1S/C17H20NP/c18-11-10-15-13-5-2-1-4-12(13)8-9-16-14(15)6-3-7-17(16)19/h1-7,15H,8-11,18-19H2. The van der Waals surface area contributed by atoms with E-state index in [0.29, 0.717) is 5.92 Å². The molecule has 0 bridgehead atoms. The van der Waals surface area contributed by atoms with Gasteiger partial charge >= 0.3 is 0 Å². The summed E-state index contributed by atoms with van der Waals surface area (Å²) in [5.74, 6) is 0.458. The number of hydrogen-bond acceptors (Lipinski definition) is 1. The largest absolute Gasteiger partial charge is 0.330 e. The first-order chi connectivity index (χ1) is 9.31. The summed E-state index contributed by atoms with van der Waals surface area (Å²) in [7, 11) is 2.89. The summed E-state index contributed by atoms with van der Waals surface area (Å²) < 4.78 is 0. The predicted molar refractivity (Wildman–Crippen MR) is 85.2 cm³/mol. The fourth-order valence-corrected chi connectivity index (χ4v) is 3.67. The van der Waals surface area contributed by atoms with Crippen LogP contribution >= 0.6 is 9.24 Å². The maximum absolute atomic E-state index is 5.86. The van der Waals surface area contributed by atoms with Crippen LogP contribution in [0.3, 0.4) is 0 Å². The Balaban J connectivity index is 2.18. The number of rotatable bonds is 2. The molecule has 0 fully saturated rings. The van der Waals surface area contributed by atoms with Crippen molar-refractivity contribution in [1.82, 2.24) is 0 Å². The zero-order chi connectivity index (χ0) is 13.2. The summed E-state index contributed by atoms with van der Waals surface area (Å²) in [5.41, 5.74) is 11.8. The maximum atomic E-state index is 5.86. The van der Waals surface area contributed by atoms with Crippen LogP contribution < -0.4 is 11.0 Å². The van der Waals surface area contributed by atoms with E-state index in [4.69, 9.17) is 5.73 Å². The third-order valence-corrected chi connectivity index (χ3v) is 4.70. The molecule has 2 aromatic rings. The van der Waals surface area contributed by atoms with Crippen molar-refractivity contribution < 1.29 is 0 Å². The van der Waals surface area contributed by atoms with Gasteiger partial charge in [-0.25, -0.2) is 0 Å². The molecule has 1 aliphatic rings. The number of benzene rings is 2. The maximum Gasteiger partial charge on any atom is 0.0107 e. The third kappa shape index (κ3) is 2.33. The Morgan fingerprint density at radius 2 is 1.79 bits per heavy atom. The average molecular weight is 269 g/mol. The van der Waals surface area contributed by atoms with Crippen LogP contribution in [0.15, 0.2) is 42.5 Å². The molecule has 2 atom stereocenters. The van der Waals surface area contributed by atoms with E-state index in [1.54, 1.807) is 0 Å². The van der Waals surface area contributed by atoms with Gasteiger partial charge in [-0.3, -0.25) is 0 Å². The van der Waals surface area contributed by atoms with Gasteiger partial charge in [0.1, 0.15) is 0 Å². The van der Waals surface area contributed by atoms with Crippen molar-refractivity contribution in [3.63, 3.8) is 0 Å². The van der Waals surface area contributed by atoms with Gasteiger partial charge in [-0.15, -0.1) is 9.24 Å². The SMILES string of the molecule is NCCC1c2ccccc2CCc2c(P)cccc21. The molecule has 0 amide bonds. The van der Waals surface area contributed by atoms with E-state index >= 15 is 0 Å². The zero-order valence-electron chi connectivity index (χ0n) is 11.1. The van der Waals surface area contributed by atoms with Crippen LogP contribution in [0, 0.1) is 0 Å². The van der Waals surface area contributed by atoms with Crippen LogP contribution in [0.4, 0.5) is 0 Å². The molecule has 0 spiro atoms. The molecule has 2 heteroatoms. The minimum absolute atomic E-state index is 0.458. The van der Waals surface area contributed by atoms with Crippen LogP contribution in [-0.4, -0.2) is 6.54 Å². The molecule has 1 nitrogen and oxygen atoms in total. The van der Waals surface area contributed by atoms with E-state index in [1.807, 2.05) is 0 Å². The van der Waals surface area contributed by atoms with Gasteiger partial charge < -0.3 is 5.73 Å². The highest BCUT2D eigenvalue weighted by Crippen LogP contribution is 2.35. The number of hydrogen-bond donors (Lipinski definition) is 1. The molecular formula is C17H20NP. The Kier molecular flexibility index (Phi) is 3.68. The van der Waals surface area contributed by atoms with Gasteiger partial charge in [0, 0.05) is 5.92 Å². The molecule has 0 saturated carbocycles. The van der Waals surface area contributed by atoms with Crippen LogP contribution in [0.5, 0.6) is 0 Å². The zero-order valence-corrected chi connectivity index (χ0v) is 12.3. The fraction of sp³-hybridized carbons (Fsp3) is 0.294. The Morgan fingerprint density at radius 1 is 1.00 bits per heavy atom. The summed E-state index contributed by atoms with van der Waals surface area (Å²) in [6.45, 7) is 0.736. The normalized spacial score (nSPS) is 17.5. The van der Waals surface area contributed by atoms with Crippen LogP contribution in [0.25, 0.3) is 0 Å². The molecule has 1 aliphatic carbocycles. The Labute approximate surface area is 117 Å². The summed E-state index contributed by atoms with van der Waals surface area (Å²) in [6.07, 6.45) is 3.29. The van der Waals surface area contributed by atoms with Crippen molar-refractivity contribution >= 4 is 14.5 Å². The molecule has 2 unspecified atom stereocenters. The first-order valence-corrected chi connectivity index (χ1v) is 7.54. The van der Waals surface area contributed by atoms with Crippen molar-refractivity contribution in [1.29, 1.82) is 0 Å². The van der Waals surface area contributed by atoms with Crippen molar-refractivity contribution in [2.75, 3.05) is 6.54 Å². The number of nitrogens with two attached hydrogens (primary N) is 1. The lowest BCUT2D eigenvalue weighted by atomic mass is 9.86. The predicted octanol–water partition coefficient (Wildman–Crippen LogP) is 2.77. The van der Waals surface area contributed by atoms with Gasteiger partial charge in [0.25, 0.3) is 0 Å². The minimum atomic E-state index is 0.458. The van der Waals surface area contributed by atoms with Crippen molar-refractivity contribution in [3.05, 3.63) is 64.7 Å². The van der Waals surface area contributed by atoms with E-state index in [-0.39, 0.29) is 0 Å². The average Bonchev–Trinajstić information content (AvgIpc) is 2.59. The summed E-state index contributed by atoms with van der Waals surface area (Å²) in [5, 5.41) is 1.34. The van der Waals surface area contributed by atoms with E-state index in [9.17, 15) is 0 Å². The molecule has 0 radical (unpaired) electrons. The number of aryl methyl sites for hydroxylation is 1. The molecule has 2 N–H and O–H groups in total. The van der Waals surface area contributed by atoms with Crippen molar-refractivity contribution in [2.24, 2.45) is 5.73 Å². The second-order valence-electron chi connectivity index (χ2n) is 5.24. The summed E-state index contributed by atoms with van der Waals surface area (Å²) >= 11 is 0. The first-order valence-electron chi connectivity index (χ1n) is 6.96. The van der Waals surface area contributed by atoms with Gasteiger partial charge in [-0.05, 0) is 53.4 Å². The third-order valence-electron chi connectivity index (χ3n) is 4.15. The van der Waals surface area contributed by atoms with Gasteiger partial charge in [0.05, 0.1) is 0 Å². The molecule has 0 aromatic heterocycles. The highest BCUT2D eigenvalue weighted by atomic mass is 31.0. The minimum Gasteiger partial charge on any atom is -0.330 e. The van der Waals surface area contributed by atoms with Crippen LogP contribution in [0.2, 0.25) is 0 Å². The Morgan fingerprint density at radius 3 is 2.63 bits per heavy atom. The molecule has 3 rings (SSSR count). The second-order valence-corrected chi connectivity index (χ2v) is 5.87. The highest BCUT2D eigenvalue weighted by molar-refractivity contribution is 7.27. The highest BCUT2D eigenvalue weighted by Gasteiger charge is 2.23. The fourth-order valence-electron chi connectivity index (χ4n) is 3.25. The lowest BCUT2D eigenvalue weighted by Crippen LogP contribution is -2.13. The first kappa shape index (κ1) is 12.8. The molecule has 0 aliphatic heterocycles. The quantitative estimate of drug-likeness (QED) is 0.834. The molecular weight excluding hydrogens is 249 g/mol. The van der Waals surface area contributed by atoms with Gasteiger partial charge in [-0.2, -0.15) is 0 Å². The molecule has 2 aromatic carbocycles. The molecule has 98 valence electrons. The monoisotopic (exact) mass is 269 g/mol. The van der Waals surface area contributed by atoms with E-state index < -0.39 is 0 Å². The van der Waals surface area contributed by atoms with E-state index in [1.165, 1.54) is 27.6 Å². The molecule has 19 heavy (non-hydrogen) atoms. The van der Waals surface area contributed by atoms with Gasteiger partial charge in [-0.1, -0.05) is 42.5 Å². The number of fused-ring (bicyclic) bond motifs is 2. The Bertz CT molecular complexity index is 592. The smallest absolute Gasteiger partial charge is 0.0107 e. The van der Waals surface area contributed by atoms with Gasteiger partial charge in [0.2, 0.25) is 0 Å². The van der Waals surface area contributed by atoms with Crippen molar-refractivity contribution in [3.8, 4) is 0 Å². The summed E-state index contributed by atoms with van der Waals surface area (Å²) in [4.78, 5) is 0. The lowest BCUT2D eigenvalue weighted by molar-refractivity contribution is 0.723. The summed E-state index contributed by atoms with van der Waals surface area (Å²) in [6, 6.07) is 15.5. The van der Waals surface area contributed by atoms with Gasteiger partial charge in [0.15, 0.2) is 0 Å². The van der Waals surface area contributed by atoms with Crippen LogP contribution in [0.1, 0.15) is 34.6 Å². The van der Waals surface area contributed by atoms with Crippen molar-refractivity contribution in [2.45, 2.75) is 25.2 Å². The Hall–Kier alpha value is -1.17. The second kappa shape index (κ2) is 5.45. The van der Waals surface area contributed by atoms with Crippen LogP contribution in [-0.2, 0) is 12.8 Å².